The van der Waals surface area contributed by atoms with E-state index in [9.17, 15) is 0 Å². The maximum Gasteiger partial charge on any atom is 0.0243 e. The number of rotatable bonds is 11. The molecular weight excluding hydrogens is 528 g/mol. The zero-order valence-electron chi connectivity index (χ0n) is 31.0. The molecule has 3 rings (SSSR count). The molecule has 0 radical (unpaired) electrons. The summed E-state index contributed by atoms with van der Waals surface area (Å²) in [4.78, 5) is 0. The summed E-state index contributed by atoms with van der Waals surface area (Å²) in [5, 5.41) is 0. The lowest BCUT2D eigenvalue weighted by molar-refractivity contribution is 0.283. The molecule has 3 aromatic carbocycles. The second-order valence-electron chi connectivity index (χ2n) is 16.5. The highest BCUT2D eigenvalue weighted by Crippen LogP contribution is 2.44. The van der Waals surface area contributed by atoms with Crippen LogP contribution in [0.15, 0.2) is 78.9 Å². The van der Waals surface area contributed by atoms with Crippen LogP contribution in [0, 0.1) is 43.4 Å². The number of hydrogen-bond donors (Lipinski definition) is 0. The minimum atomic E-state index is -0.109. The van der Waals surface area contributed by atoms with Gasteiger partial charge in [-0.1, -0.05) is 159 Å². The number of aryl methyl sites for hydroxylation is 5. The quantitative estimate of drug-likeness (QED) is 0.194. The van der Waals surface area contributed by atoms with Crippen LogP contribution in [0.25, 0.3) is 0 Å². The van der Waals surface area contributed by atoms with Crippen LogP contribution in [0.4, 0.5) is 0 Å². The first-order chi connectivity index (χ1) is 20.4. The molecule has 0 heteroatoms. The minimum Gasteiger partial charge on any atom is -0.0998 e. The molecule has 0 aliphatic rings. The first-order valence-corrected chi connectivity index (χ1v) is 17.3. The van der Waals surface area contributed by atoms with Crippen LogP contribution in [0.2, 0.25) is 0 Å². The third-order valence-electron chi connectivity index (χ3n) is 9.62. The second-order valence-corrected chi connectivity index (χ2v) is 16.5. The molecule has 0 N–H and O–H groups in total. The topological polar surface area (TPSA) is 0 Å². The summed E-state index contributed by atoms with van der Waals surface area (Å²) in [6.07, 6.45) is 6.48. The fraction of sp³-hybridized carbons (Fsp3) is 0.545. The van der Waals surface area contributed by atoms with Gasteiger partial charge in [-0.2, -0.15) is 0 Å². The molecule has 0 spiro atoms. The molecule has 0 aromatic heterocycles. The van der Waals surface area contributed by atoms with Gasteiger partial charge in [0.2, 0.25) is 0 Å². The van der Waals surface area contributed by atoms with Crippen molar-refractivity contribution in [3.8, 4) is 0 Å². The van der Waals surface area contributed by atoms with Gasteiger partial charge in [-0.05, 0) is 110 Å². The molecular formula is C44H66. The van der Waals surface area contributed by atoms with Crippen LogP contribution in [-0.4, -0.2) is 0 Å². The van der Waals surface area contributed by atoms with Crippen LogP contribution in [-0.2, 0) is 18.3 Å². The molecule has 0 aliphatic heterocycles. The molecule has 0 aliphatic carbocycles. The average Bonchev–Trinajstić information content (AvgIpc) is 2.89. The van der Waals surface area contributed by atoms with E-state index in [-0.39, 0.29) is 5.41 Å². The van der Waals surface area contributed by atoms with E-state index in [1.165, 1.54) is 50.9 Å². The SMILES string of the molecule is C=C(CC(C)CC(C)(C)C)CC(CCc1ccccc1)(c1cc(C)cc(C)c1)c1ccc(CC)c(C)c1.CC(C)C(C)(C)C. The predicted molar refractivity (Wildman–Crippen MR) is 198 cm³/mol. The molecule has 0 fully saturated rings. The zero-order chi connectivity index (χ0) is 33.3. The molecule has 0 amide bonds. The van der Waals surface area contributed by atoms with Gasteiger partial charge in [0.15, 0.2) is 0 Å². The van der Waals surface area contributed by atoms with E-state index in [1.54, 1.807) is 0 Å². The monoisotopic (exact) mass is 595 g/mol. The van der Waals surface area contributed by atoms with Gasteiger partial charge in [0.05, 0.1) is 0 Å². The van der Waals surface area contributed by atoms with Gasteiger partial charge in [-0.15, -0.1) is 0 Å². The molecule has 3 aromatic rings. The van der Waals surface area contributed by atoms with Gasteiger partial charge < -0.3 is 0 Å². The Kier molecular flexibility index (Phi) is 13.8. The largest absolute Gasteiger partial charge is 0.0998 e. The Morgan fingerprint density at radius 1 is 0.750 bits per heavy atom. The van der Waals surface area contributed by atoms with E-state index < -0.39 is 0 Å². The van der Waals surface area contributed by atoms with Gasteiger partial charge in [-0.3, -0.25) is 0 Å². The average molecular weight is 595 g/mol. The van der Waals surface area contributed by atoms with E-state index in [1.807, 2.05) is 0 Å². The third-order valence-corrected chi connectivity index (χ3v) is 9.62. The van der Waals surface area contributed by atoms with Crippen LogP contribution in [0.3, 0.4) is 0 Å². The van der Waals surface area contributed by atoms with Gasteiger partial charge in [-0.25, -0.2) is 0 Å². The Morgan fingerprint density at radius 3 is 1.80 bits per heavy atom. The minimum absolute atomic E-state index is 0.109. The number of allylic oxidation sites excluding steroid dienone is 1. The summed E-state index contributed by atoms with van der Waals surface area (Å²) in [5.74, 6) is 1.43. The van der Waals surface area contributed by atoms with Crippen molar-refractivity contribution in [2.45, 2.75) is 134 Å². The van der Waals surface area contributed by atoms with Gasteiger partial charge >= 0.3 is 0 Å². The standard InChI is InChI=1S/C37H50.C7H16/c1-10-33-16-17-34(24-31(33)6)37(19-18-32-14-12-11-13-15-32,35-22-27(2)20-28(3)23-35)26-30(5)21-29(4)25-36(7,8)9;1-6(2)7(3,4)5/h11-17,20,22-24,29H,5,10,18-19,21,25-26H2,1-4,6-9H3;6H,1-5H3. The highest BCUT2D eigenvalue weighted by atomic mass is 14.4. The normalized spacial score (nSPS) is 14.0. The van der Waals surface area contributed by atoms with Crippen molar-refractivity contribution < 1.29 is 0 Å². The van der Waals surface area contributed by atoms with E-state index in [2.05, 4.69) is 157 Å². The fourth-order valence-electron chi connectivity index (χ4n) is 6.50. The Morgan fingerprint density at radius 2 is 1.32 bits per heavy atom. The van der Waals surface area contributed by atoms with Crippen molar-refractivity contribution in [2.75, 3.05) is 0 Å². The number of hydrogen-bond acceptors (Lipinski definition) is 0. The van der Waals surface area contributed by atoms with Crippen molar-refractivity contribution in [1.82, 2.24) is 0 Å². The lowest BCUT2D eigenvalue weighted by Crippen LogP contribution is -2.30. The first-order valence-electron chi connectivity index (χ1n) is 17.3. The van der Waals surface area contributed by atoms with Gasteiger partial charge in [0, 0.05) is 5.41 Å². The summed E-state index contributed by atoms with van der Waals surface area (Å²) in [6.45, 7) is 34.5. The van der Waals surface area contributed by atoms with Crippen LogP contribution in [0.1, 0.15) is 134 Å². The van der Waals surface area contributed by atoms with Crippen LogP contribution < -0.4 is 0 Å². The fourth-order valence-corrected chi connectivity index (χ4v) is 6.50. The van der Waals surface area contributed by atoms with Crippen molar-refractivity contribution in [1.29, 1.82) is 0 Å². The molecule has 0 saturated heterocycles. The summed E-state index contributed by atoms with van der Waals surface area (Å²) >= 11 is 0. The zero-order valence-corrected chi connectivity index (χ0v) is 31.0. The summed E-state index contributed by atoms with van der Waals surface area (Å²) in [5.41, 5.74) is 11.9. The highest BCUT2D eigenvalue weighted by Gasteiger charge is 2.36. The van der Waals surface area contributed by atoms with Crippen LogP contribution in [0.5, 0.6) is 0 Å². The smallest absolute Gasteiger partial charge is 0.0243 e. The summed E-state index contributed by atoms with van der Waals surface area (Å²) in [7, 11) is 0. The molecule has 242 valence electrons. The summed E-state index contributed by atoms with van der Waals surface area (Å²) < 4.78 is 0. The molecule has 2 atom stereocenters. The van der Waals surface area contributed by atoms with Crippen molar-refractivity contribution >= 4 is 0 Å². The lowest BCUT2D eigenvalue weighted by Gasteiger charge is -2.38. The van der Waals surface area contributed by atoms with E-state index in [0.29, 0.717) is 16.7 Å². The maximum absolute atomic E-state index is 4.72. The van der Waals surface area contributed by atoms with Gasteiger partial charge in [0.1, 0.15) is 0 Å². The van der Waals surface area contributed by atoms with E-state index in [4.69, 9.17) is 6.58 Å². The highest BCUT2D eigenvalue weighted by molar-refractivity contribution is 5.47. The maximum atomic E-state index is 4.72. The van der Waals surface area contributed by atoms with E-state index >= 15 is 0 Å². The molecule has 2 unspecified atom stereocenters. The third kappa shape index (κ3) is 11.7. The molecule has 0 bridgehead atoms. The van der Waals surface area contributed by atoms with Gasteiger partial charge in [0.25, 0.3) is 0 Å². The van der Waals surface area contributed by atoms with Crippen molar-refractivity contribution in [3.05, 3.63) is 118 Å². The van der Waals surface area contributed by atoms with E-state index in [0.717, 1.165) is 38.0 Å². The molecule has 44 heavy (non-hydrogen) atoms. The molecule has 0 saturated carbocycles. The Balaban J connectivity index is 0.000000860. The number of benzene rings is 3. The first kappa shape index (κ1) is 37.6. The second kappa shape index (κ2) is 16.1. The Hall–Kier alpha value is -2.60. The Labute approximate surface area is 273 Å². The molecule has 0 nitrogen and oxygen atoms in total. The lowest BCUT2D eigenvalue weighted by atomic mass is 9.65. The Bertz CT molecular complexity index is 1290. The van der Waals surface area contributed by atoms with Crippen molar-refractivity contribution in [2.24, 2.45) is 22.7 Å². The van der Waals surface area contributed by atoms with Crippen molar-refractivity contribution in [3.63, 3.8) is 0 Å². The van der Waals surface area contributed by atoms with Crippen LogP contribution >= 0.6 is 0 Å². The summed E-state index contributed by atoms with van der Waals surface area (Å²) in [6, 6.07) is 25.4. The predicted octanol–water partition coefficient (Wildman–Crippen LogP) is 13.2. The molecule has 0 heterocycles.